The summed E-state index contributed by atoms with van der Waals surface area (Å²) in [5.41, 5.74) is 1.45. The number of nitrogens with zero attached hydrogens (tertiary/aromatic N) is 4. The molecule has 1 saturated heterocycles. The number of hydrogen-bond acceptors (Lipinski definition) is 6. The summed E-state index contributed by atoms with van der Waals surface area (Å²) >= 11 is 7.28. The van der Waals surface area contributed by atoms with Crippen LogP contribution in [0.1, 0.15) is 40.1 Å². The zero-order valence-electron chi connectivity index (χ0n) is 20.8. The Hall–Kier alpha value is -2.57. The van der Waals surface area contributed by atoms with E-state index in [1.54, 1.807) is 12.3 Å². The van der Waals surface area contributed by atoms with Crippen molar-refractivity contribution in [3.05, 3.63) is 67.9 Å². The maximum Gasteiger partial charge on any atom is 0.297 e. The second-order valence-electron chi connectivity index (χ2n) is 9.50. The summed E-state index contributed by atoms with van der Waals surface area (Å²) in [6.07, 6.45) is 4.19. The number of methoxy groups -OCH3 is 1. The predicted octanol–water partition coefficient (Wildman–Crippen LogP) is 5.24. The van der Waals surface area contributed by atoms with Gasteiger partial charge >= 0.3 is 0 Å². The lowest BCUT2D eigenvalue weighted by atomic mass is 9.84. The molecule has 2 aromatic heterocycles. The molecule has 1 spiro atoms. The first-order chi connectivity index (χ1) is 18.1. The van der Waals surface area contributed by atoms with Crippen LogP contribution in [-0.4, -0.2) is 60.2 Å². The predicted molar refractivity (Wildman–Crippen MR) is 138 cm³/mol. The van der Waals surface area contributed by atoms with Gasteiger partial charge in [-0.1, -0.05) is 23.7 Å². The maximum absolute atomic E-state index is 14.9. The Morgan fingerprint density at radius 3 is 2.84 bits per heavy atom. The Balaban J connectivity index is 1.32. The quantitative estimate of drug-likeness (QED) is 0.382. The molecule has 0 atom stereocenters. The third kappa shape index (κ3) is 5.17. The molecule has 7 nitrogen and oxygen atoms in total. The lowest BCUT2D eigenvalue weighted by Gasteiger charge is -2.45. The van der Waals surface area contributed by atoms with Crippen molar-refractivity contribution in [3.63, 3.8) is 0 Å². The Labute approximate surface area is 226 Å². The van der Waals surface area contributed by atoms with E-state index in [-0.39, 0.29) is 17.9 Å². The van der Waals surface area contributed by atoms with Crippen LogP contribution in [0.25, 0.3) is 5.69 Å². The van der Waals surface area contributed by atoms with Crippen molar-refractivity contribution in [2.24, 2.45) is 4.99 Å². The average Bonchev–Trinajstić information content (AvgIpc) is 3.45. The fourth-order valence-corrected chi connectivity index (χ4v) is 6.45. The fourth-order valence-electron chi connectivity index (χ4n) is 4.97. The number of ether oxygens (including phenoxy) is 2. The lowest BCUT2D eigenvalue weighted by molar-refractivity contribution is -0.182. The van der Waals surface area contributed by atoms with E-state index >= 15 is 0 Å². The number of aromatic nitrogens is 2. The van der Waals surface area contributed by atoms with Crippen molar-refractivity contribution >= 4 is 35.1 Å². The standard InChI is InChI=1S/C26H26ClF3N4O3S/c1-16-18(13-34(32-16)23-17(4-3-5-20(23)28)11-31-22(35)14-36-2)12-33-8-6-25(7-9-33)24-19(10-21(27)38-24)26(29,30)15-37-25/h3-5,10-11,13H,6-9,12,14-15H2,1-2H3. The number of amides is 1. The van der Waals surface area contributed by atoms with Crippen molar-refractivity contribution in [2.45, 2.75) is 37.8 Å². The maximum atomic E-state index is 14.9. The summed E-state index contributed by atoms with van der Waals surface area (Å²) in [5, 5.41) is 4.52. The molecule has 1 fully saturated rings. The second-order valence-corrected chi connectivity index (χ2v) is 11.2. The number of carbonyl (C=O) groups is 1. The number of rotatable bonds is 6. The van der Waals surface area contributed by atoms with E-state index in [0.29, 0.717) is 47.3 Å². The van der Waals surface area contributed by atoms with Crippen molar-refractivity contribution < 1.29 is 27.4 Å². The Kier molecular flexibility index (Phi) is 7.49. The summed E-state index contributed by atoms with van der Waals surface area (Å²) in [7, 11) is 1.40. The highest BCUT2D eigenvalue weighted by Crippen LogP contribution is 2.52. The molecule has 0 aliphatic carbocycles. The fraction of sp³-hybridized carbons (Fsp3) is 0.423. The first-order valence-electron chi connectivity index (χ1n) is 12.1. The van der Waals surface area contributed by atoms with Crippen LogP contribution in [0.4, 0.5) is 13.2 Å². The smallest absolute Gasteiger partial charge is 0.297 e. The molecule has 0 radical (unpaired) electrons. The van der Waals surface area contributed by atoms with Gasteiger partial charge < -0.3 is 9.47 Å². The van der Waals surface area contributed by atoms with Gasteiger partial charge in [-0.3, -0.25) is 9.69 Å². The first-order valence-corrected chi connectivity index (χ1v) is 13.3. The number of halogens is 4. The average molecular weight is 567 g/mol. The van der Waals surface area contributed by atoms with Crippen molar-refractivity contribution in [3.8, 4) is 5.69 Å². The zero-order valence-corrected chi connectivity index (χ0v) is 22.4. The van der Waals surface area contributed by atoms with E-state index in [4.69, 9.17) is 21.1 Å². The van der Waals surface area contributed by atoms with Gasteiger partial charge in [0.25, 0.3) is 11.8 Å². The number of hydrogen-bond donors (Lipinski definition) is 0. The summed E-state index contributed by atoms with van der Waals surface area (Å²) in [5.74, 6) is -4.02. The second kappa shape index (κ2) is 10.5. The van der Waals surface area contributed by atoms with Crippen LogP contribution in [0.15, 0.2) is 35.5 Å². The number of aryl methyl sites for hydroxylation is 1. The number of carbonyl (C=O) groups excluding carboxylic acids is 1. The van der Waals surface area contributed by atoms with Gasteiger partial charge in [0, 0.05) is 60.7 Å². The Bertz CT molecular complexity index is 1380. The summed E-state index contributed by atoms with van der Waals surface area (Å²) in [6, 6.07) is 5.88. The minimum atomic E-state index is -3.04. The third-order valence-corrected chi connectivity index (χ3v) is 8.41. The molecule has 2 aliphatic rings. The number of alkyl halides is 2. The molecular weight excluding hydrogens is 541 g/mol. The normalized spacial score (nSPS) is 18.8. The number of fused-ring (bicyclic) bond motifs is 2. The van der Waals surface area contributed by atoms with Gasteiger partial charge in [-0.2, -0.15) is 13.9 Å². The van der Waals surface area contributed by atoms with E-state index < -0.39 is 29.9 Å². The lowest BCUT2D eigenvalue weighted by Crippen LogP contribution is -2.48. The molecule has 0 unspecified atom stereocenters. The minimum Gasteiger partial charge on any atom is -0.375 e. The molecular formula is C26H26ClF3N4O3S. The number of piperidine rings is 1. The molecule has 1 aromatic carbocycles. The van der Waals surface area contributed by atoms with E-state index in [9.17, 15) is 18.0 Å². The van der Waals surface area contributed by atoms with Gasteiger partial charge in [0.2, 0.25) is 0 Å². The van der Waals surface area contributed by atoms with E-state index in [0.717, 1.165) is 11.3 Å². The number of para-hydroxylation sites is 1. The van der Waals surface area contributed by atoms with Crippen molar-refractivity contribution in [2.75, 3.05) is 33.4 Å². The van der Waals surface area contributed by atoms with Crippen LogP contribution in [0.2, 0.25) is 4.34 Å². The van der Waals surface area contributed by atoms with Crippen LogP contribution >= 0.6 is 22.9 Å². The topological polar surface area (TPSA) is 69.0 Å². The molecule has 1 amide bonds. The van der Waals surface area contributed by atoms with Crippen LogP contribution in [0.5, 0.6) is 0 Å². The highest BCUT2D eigenvalue weighted by Gasteiger charge is 2.51. The Morgan fingerprint density at radius 1 is 1.34 bits per heavy atom. The molecule has 4 heterocycles. The zero-order chi connectivity index (χ0) is 27.1. The van der Waals surface area contributed by atoms with Gasteiger partial charge in [0.15, 0.2) is 0 Å². The van der Waals surface area contributed by atoms with Gasteiger partial charge in [-0.05, 0) is 31.9 Å². The summed E-state index contributed by atoms with van der Waals surface area (Å²) in [6.45, 7) is 2.84. The van der Waals surface area contributed by atoms with Crippen LogP contribution in [-0.2, 0) is 32.3 Å². The van der Waals surface area contributed by atoms with Crippen molar-refractivity contribution in [1.29, 1.82) is 0 Å². The molecule has 12 heteroatoms. The number of aliphatic imine (C=N–C) groups is 1. The highest BCUT2D eigenvalue weighted by atomic mass is 35.5. The number of benzene rings is 1. The van der Waals surface area contributed by atoms with E-state index in [1.165, 1.54) is 47.5 Å². The van der Waals surface area contributed by atoms with E-state index in [2.05, 4.69) is 15.0 Å². The monoisotopic (exact) mass is 566 g/mol. The number of thiophene rings is 1. The molecule has 38 heavy (non-hydrogen) atoms. The van der Waals surface area contributed by atoms with Gasteiger partial charge in [0.05, 0.1) is 10.0 Å². The first kappa shape index (κ1) is 27.0. The minimum absolute atomic E-state index is 0.0162. The van der Waals surface area contributed by atoms with Crippen molar-refractivity contribution in [1.82, 2.24) is 14.7 Å². The molecule has 0 N–H and O–H groups in total. The SMILES string of the molecule is COCC(=O)N=Cc1cccc(F)c1-n1cc(CN2CCC3(CC2)OCC(F)(F)c2cc(Cl)sc23)c(C)n1. The highest BCUT2D eigenvalue weighted by molar-refractivity contribution is 7.16. The number of likely N-dealkylation sites (tertiary alicyclic amines) is 1. The summed E-state index contributed by atoms with van der Waals surface area (Å²) in [4.78, 5) is 18.3. The van der Waals surface area contributed by atoms with Crippen LogP contribution in [0.3, 0.4) is 0 Å². The van der Waals surface area contributed by atoms with Crippen LogP contribution in [0, 0.1) is 12.7 Å². The summed E-state index contributed by atoms with van der Waals surface area (Å²) < 4.78 is 56.1. The molecule has 202 valence electrons. The molecule has 5 rings (SSSR count). The van der Waals surface area contributed by atoms with Gasteiger partial charge in [-0.25, -0.2) is 14.1 Å². The van der Waals surface area contributed by atoms with Crippen LogP contribution < -0.4 is 0 Å². The van der Waals surface area contributed by atoms with Gasteiger partial charge in [0.1, 0.15) is 30.3 Å². The largest absolute Gasteiger partial charge is 0.375 e. The molecule has 0 bridgehead atoms. The molecule has 0 saturated carbocycles. The molecule has 2 aliphatic heterocycles. The van der Waals surface area contributed by atoms with Gasteiger partial charge in [-0.15, -0.1) is 11.3 Å². The third-order valence-electron chi connectivity index (χ3n) is 6.96. The Morgan fingerprint density at radius 2 is 2.11 bits per heavy atom. The van der Waals surface area contributed by atoms with E-state index in [1.807, 2.05) is 6.92 Å². The molecule has 3 aromatic rings.